The Bertz CT molecular complexity index is 1310. The Kier molecular flexibility index (Phi) is 7.63. The Hall–Kier alpha value is -3.49. The van der Waals surface area contributed by atoms with Gasteiger partial charge in [0.25, 0.3) is 5.91 Å². The average molecular weight is 505 g/mol. The van der Waals surface area contributed by atoms with Gasteiger partial charge in [-0.1, -0.05) is 68.4 Å². The van der Waals surface area contributed by atoms with Crippen molar-refractivity contribution in [3.8, 4) is 17.1 Å². The lowest BCUT2D eigenvalue weighted by Crippen LogP contribution is -2.20. The van der Waals surface area contributed by atoms with Crippen molar-refractivity contribution in [3.05, 3.63) is 89.2 Å². The third kappa shape index (κ3) is 6.35. The lowest BCUT2D eigenvalue weighted by atomic mass is 9.87. The van der Waals surface area contributed by atoms with Gasteiger partial charge in [0.2, 0.25) is 0 Å². The van der Waals surface area contributed by atoms with Gasteiger partial charge in [0.1, 0.15) is 0 Å². The van der Waals surface area contributed by atoms with Crippen LogP contribution in [0.25, 0.3) is 17.1 Å². The number of hydrogen-bond donors (Lipinski definition) is 1. The van der Waals surface area contributed by atoms with E-state index in [-0.39, 0.29) is 17.1 Å². The van der Waals surface area contributed by atoms with E-state index in [2.05, 4.69) is 58.6 Å². The highest BCUT2D eigenvalue weighted by Gasteiger charge is 2.17. The Morgan fingerprint density at radius 2 is 1.71 bits per heavy atom. The summed E-state index contributed by atoms with van der Waals surface area (Å²) in [5.74, 6) is 0.533. The van der Waals surface area contributed by atoms with Crippen LogP contribution in [0.2, 0.25) is 5.02 Å². The zero-order valence-electron chi connectivity index (χ0n) is 19.6. The molecule has 2 heterocycles. The van der Waals surface area contributed by atoms with Gasteiger partial charge in [-0.05, 0) is 52.9 Å². The molecule has 0 aliphatic carbocycles. The molecule has 0 aliphatic rings. The predicted molar refractivity (Wildman–Crippen MR) is 141 cm³/mol. The summed E-state index contributed by atoms with van der Waals surface area (Å²) in [4.78, 5) is 16.5. The SMILES string of the molecule is CC(C)(C)c1ccc(C=NNC(=O)CSc2nnc(-c3ccncc3)n2-c2ccc(Cl)cc2)cc1. The first-order chi connectivity index (χ1) is 16.8. The first kappa shape index (κ1) is 24.6. The molecule has 4 rings (SSSR count). The van der Waals surface area contributed by atoms with Gasteiger partial charge in [0.05, 0.1) is 12.0 Å². The van der Waals surface area contributed by atoms with Crippen LogP contribution in [-0.2, 0) is 10.2 Å². The number of nitrogens with zero attached hydrogens (tertiary/aromatic N) is 5. The van der Waals surface area contributed by atoms with Crippen molar-refractivity contribution in [3.63, 3.8) is 0 Å². The minimum absolute atomic E-state index is 0.0882. The molecule has 0 bridgehead atoms. The highest BCUT2D eigenvalue weighted by Crippen LogP contribution is 2.28. The number of rotatable bonds is 7. The van der Waals surface area contributed by atoms with Gasteiger partial charge in [-0.25, -0.2) is 5.43 Å². The predicted octanol–water partition coefficient (Wildman–Crippen LogP) is 5.52. The largest absolute Gasteiger partial charge is 0.272 e. The second-order valence-corrected chi connectivity index (χ2v) is 10.2. The van der Waals surface area contributed by atoms with Crippen molar-refractivity contribution in [1.29, 1.82) is 0 Å². The first-order valence-electron chi connectivity index (χ1n) is 11.0. The van der Waals surface area contributed by atoms with Gasteiger partial charge in [0, 0.05) is 28.7 Å². The van der Waals surface area contributed by atoms with Crippen LogP contribution in [0.15, 0.2) is 83.3 Å². The zero-order valence-corrected chi connectivity index (χ0v) is 21.2. The lowest BCUT2D eigenvalue weighted by Gasteiger charge is -2.18. The molecule has 7 nitrogen and oxygen atoms in total. The van der Waals surface area contributed by atoms with E-state index < -0.39 is 0 Å². The van der Waals surface area contributed by atoms with Crippen LogP contribution in [0.4, 0.5) is 0 Å². The molecule has 0 unspecified atom stereocenters. The lowest BCUT2D eigenvalue weighted by molar-refractivity contribution is -0.118. The van der Waals surface area contributed by atoms with Gasteiger partial charge >= 0.3 is 0 Å². The Morgan fingerprint density at radius 3 is 2.37 bits per heavy atom. The number of amides is 1. The highest BCUT2D eigenvalue weighted by molar-refractivity contribution is 7.99. The van der Waals surface area contributed by atoms with E-state index in [1.807, 2.05) is 41.0 Å². The average Bonchev–Trinajstić information content (AvgIpc) is 3.27. The molecule has 0 saturated carbocycles. The van der Waals surface area contributed by atoms with Gasteiger partial charge in [-0.3, -0.25) is 14.3 Å². The maximum absolute atomic E-state index is 12.4. The van der Waals surface area contributed by atoms with E-state index in [9.17, 15) is 4.79 Å². The molecular weight excluding hydrogens is 480 g/mol. The quantitative estimate of drug-likeness (QED) is 0.203. The van der Waals surface area contributed by atoms with Crippen molar-refractivity contribution in [1.82, 2.24) is 25.2 Å². The number of halogens is 1. The fraction of sp³-hybridized carbons (Fsp3) is 0.192. The standard InChI is InChI=1S/C26H25ClN6OS/c1-26(2,3)20-6-4-18(5-7-20)16-29-30-23(34)17-35-25-32-31-24(19-12-14-28-15-13-19)33(25)22-10-8-21(27)9-11-22/h4-16H,17H2,1-3H3,(H,30,34). The second kappa shape index (κ2) is 10.8. The minimum atomic E-state index is -0.242. The number of carbonyl (C=O) groups is 1. The Morgan fingerprint density at radius 1 is 1.03 bits per heavy atom. The zero-order chi connectivity index (χ0) is 24.8. The number of aromatic nitrogens is 4. The fourth-order valence-corrected chi connectivity index (χ4v) is 4.15. The third-order valence-electron chi connectivity index (χ3n) is 5.17. The summed E-state index contributed by atoms with van der Waals surface area (Å²) in [7, 11) is 0. The smallest absolute Gasteiger partial charge is 0.250 e. The number of benzene rings is 2. The molecule has 0 spiro atoms. The number of pyridine rings is 1. The van der Waals surface area contributed by atoms with Crippen LogP contribution >= 0.6 is 23.4 Å². The molecule has 9 heteroatoms. The maximum atomic E-state index is 12.4. The van der Waals surface area contributed by atoms with Gasteiger partial charge in [0.15, 0.2) is 11.0 Å². The summed E-state index contributed by atoms with van der Waals surface area (Å²) in [5, 5.41) is 14.0. The summed E-state index contributed by atoms with van der Waals surface area (Å²) in [6.45, 7) is 6.51. The molecule has 1 amide bonds. The number of thioether (sulfide) groups is 1. The van der Waals surface area contributed by atoms with Crippen molar-refractivity contribution in [2.75, 3.05) is 5.75 Å². The monoisotopic (exact) mass is 504 g/mol. The molecule has 1 N–H and O–H groups in total. The fourth-order valence-electron chi connectivity index (χ4n) is 3.28. The number of carbonyl (C=O) groups excluding carboxylic acids is 1. The first-order valence-corrected chi connectivity index (χ1v) is 12.3. The summed E-state index contributed by atoms with van der Waals surface area (Å²) in [6.07, 6.45) is 5.03. The Labute approximate surface area is 213 Å². The van der Waals surface area contributed by atoms with Crippen molar-refractivity contribution < 1.29 is 4.79 Å². The van der Waals surface area contributed by atoms with Crippen LogP contribution in [0.1, 0.15) is 31.9 Å². The third-order valence-corrected chi connectivity index (χ3v) is 6.35. The summed E-state index contributed by atoms with van der Waals surface area (Å²) >= 11 is 7.35. The summed E-state index contributed by atoms with van der Waals surface area (Å²) in [6, 6.07) is 19.2. The molecule has 0 aliphatic heterocycles. The van der Waals surface area contributed by atoms with Crippen LogP contribution < -0.4 is 5.43 Å². The second-order valence-electron chi connectivity index (χ2n) is 8.81. The van der Waals surface area contributed by atoms with Crippen LogP contribution in [0, 0.1) is 0 Å². The normalized spacial score (nSPS) is 11.7. The molecule has 2 aromatic heterocycles. The number of hydrogen-bond acceptors (Lipinski definition) is 6. The van der Waals surface area contributed by atoms with E-state index in [1.54, 1.807) is 30.7 Å². The molecule has 4 aromatic rings. The maximum Gasteiger partial charge on any atom is 0.250 e. The molecule has 35 heavy (non-hydrogen) atoms. The molecule has 0 atom stereocenters. The van der Waals surface area contributed by atoms with Gasteiger partial charge in [-0.15, -0.1) is 10.2 Å². The van der Waals surface area contributed by atoms with Crippen LogP contribution in [0.5, 0.6) is 0 Å². The van der Waals surface area contributed by atoms with Gasteiger partial charge in [-0.2, -0.15) is 5.10 Å². The summed E-state index contributed by atoms with van der Waals surface area (Å²) in [5.41, 5.74) is 6.52. The van der Waals surface area contributed by atoms with E-state index in [0.29, 0.717) is 16.0 Å². The molecule has 178 valence electrons. The van der Waals surface area contributed by atoms with E-state index >= 15 is 0 Å². The molecule has 0 fully saturated rings. The molecule has 2 aromatic carbocycles. The molecule has 0 radical (unpaired) electrons. The number of hydrazone groups is 1. The summed E-state index contributed by atoms with van der Waals surface area (Å²) < 4.78 is 1.89. The van der Waals surface area contributed by atoms with Crippen LogP contribution in [0.3, 0.4) is 0 Å². The van der Waals surface area contributed by atoms with Crippen molar-refractivity contribution in [2.45, 2.75) is 31.3 Å². The van der Waals surface area contributed by atoms with E-state index in [1.165, 1.54) is 17.3 Å². The van der Waals surface area contributed by atoms with E-state index in [4.69, 9.17) is 11.6 Å². The van der Waals surface area contributed by atoms with Gasteiger partial charge < -0.3 is 0 Å². The topological polar surface area (TPSA) is 85.1 Å². The van der Waals surface area contributed by atoms with Crippen LogP contribution in [-0.4, -0.2) is 37.6 Å². The number of nitrogens with one attached hydrogen (secondary N) is 1. The molecular formula is C26H25ClN6OS. The Balaban J connectivity index is 1.44. The van der Waals surface area contributed by atoms with E-state index in [0.717, 1.165) is 16.8 Å². The highest BCUT2D eigenvalue weighted by atomic mass is 35.5. The minimum Gasteiger partial charge on any atom is -0.272 e. The van der Waals surface area contributed by atoms with Crippen molar-refractivity contribution >= 4 is 35.5 Å². The van der Waals surface area contributed by atoms with Crippen molar-refractivity contribution in [2.24, 2.45) is 5.10 Å². The molecule has 0 saturated heterocycles.